The van der Waals surface area contributed by atoms with Gasteiger partial charge in [-0.05, 0) is 24.1 Å². The zero-order chi connectivity index (χ0) is 13.1. The van der Waals surface area contributed by atoms with Crippen LogP contribution in [0.2, 0.25) is 0 Å². The maximum absolute atomic E-state index is 8.76. The molecule has 0 saturated heterocycles. The molecule has 98 valence electrons. The third kappa shape index (κ3) is 6.36. The number of ether oxygens (including phenoxy) is 3. The second-order valence-corrected chi connectivity index (χ2v) is 3.82. The molecule has 4 heteroatoms. The molecule has 0 heterocycles. The molecule has 1 aromatic rings. The lowest BCUT2D eigenvalue weighted by molar-refractivity contribution is 0.0483. The molecule has 0 saturated carbocycles. The normalized spacial score (nSPS) is 10.2. The van der Waals surface area contributed by atoms with E-state index >= 15 is 0 Å². The Morgan fingerprint density at radius 2 is 1.94 bits per heavy atom. The number of rotatable bonds is 9. The average Bonchev–Trinajstić information content (AvgIpc) is 2.42. The largest absolute Gasteiger partial charge is 0.382 e. The number of nitrogens with zero attached hydrogens (tertiary/aromatic N) is 1. The maximum atomic E-state index is 8.76. The minimum Gasteiger partial charge on any atom is -0.382 e. The molecule has 0 aliphatic carbocycles. The lowest BCUT2D eigenvalue weighted by atomic mass is 10.1. The predicted octanol–water partition coefficient (Wildman–Crippen LogP) is 2.13. The van der Waals surface area contributed by atoms with Gasteiger partial charge >= 0.3 is 0 Å². The molecule has 4 nitrogen and oxygen atoms in total. The Hall–Kier alpha value is -1.41. The highest BCUT2D eigenvalue weighted by atomic mass is 16.5. The highest BCUT2D eigenvalue weighted by Gasteiger charge is 1.96. The third-order valence-electron chi connectivity index (χ3n) is 2.33. The van der Waals surface area contributed by atoms with Crippen molar-refractivity contribution in [1.82, 2.24) is 0 Å². The van der Waals surface area contributed by atoms with Gasteiger partial charge in [0.15, 0.2) is 0 Å². The van der Waals surface area contributed by atoms with E-state index in [1.807, 2.05) is 18.2 Å². The number of benzene rings is 1. The SMILES string of the molecule is COCCOCCCOCc1cccc(C#N)c1. The van der Waals surface area contributed by atoms with E-state index in [1.54, 1.807) is 13.2 Å². The van der Waals surface area contributed by atoms with Crippen LogP contribution in [-0.4, -0.2) is 33.5 Å². The fourth-order valence-electron chi connectivity index (χ4n) is 1.43. The van der Waals surface area contributed by atoms with Crippen molar-refractivity contribution < 1.29 is 14.2 Å². The van der Waals surface area contributed by atoms with Crippen LogP contribution in [0.1, 0.15) is 17.5 Å². The van der Waals surface area contributed by atoms with Crippen LogP contribution in [0.15, 0.2) is 24.3 Å². The fraction of sp³-hybridized carbons (Fsp3) is 0.500. The highest BCUT2D eigenvalue weighted by molar-refractivity contribution is 5.32. The van der Waals surface area contributed by atoms with Gasteiger partial charge in [0.05, 0.1) is 31.5 Å². The molecule has 0 aliphatic heterocycles. The van der Waals surface area contributed by atoms with Crippen LogP contribution in [-0.2, 0) is 20.8 Å². The van der Waals surface area contributed by atoms with Crippen LogP contribution >= 0.6 is 0 Å². The maximum Gasteiger partial charge on any atom is 0.0991 e. The molecule has 0 aliphatic rings. The molecule has 0 N–H and O–H groups in total. The smallest absolute Gasteiger partial charge is 0.0991 e. The summed E-state index contributed by atoms with van der Waals surface area (Å²) < 4.78 is 15.7. The van der Waals surface area contributed by atoms with E-state index in [2.05, 4.69) is 6.07 Å². The summed E-state index contributed by atoms with van der Waals surface area (Å²) in [6, 6.07) is 9.56. The van der Waals surface area contributed by atoms with Crippen LogP contribution in [0.3, 0.4) is 0 Å². The molecule has 0 radical (unpaired) electrons. The Morgan fingerprint density at radius 3 is 2.72 bits per heavy atom. The molecule has 0 amide bonds. The van der Waals surface area contributed by atoms with Gasteiger partial charge in [0, 0.05) is 20.3 Å². The summed E-state index contributed by atoms with van der Waals surface area (Å²) in [5, 5.41) is 8.76. The van der Waals surface area contributed by atoms with E-state index in [4.69, 9.17) is 19.5 Å². The predicted molar refractivity (Wildman–Crippen MR) is 68.1 cm³/mol. The van der Waals surface area contributed by atoms with Crippen LogP contribution in [0.5, 0.6) is 0 Å². The highest BCUT2D eigenvalue weighted by Crippen LogP contribution is 2.05. The number of methoxy groups -OCH3 is 1. The molecule has 1 aromatic carbocycles. The second kappa shape index (κ2) is 9.60. The summed E-state index contributed by atoms with van der Waals surface area (Å²) in [4.78, 5) is 0. The molecular formula is C14H19NO3. The van der Waals surface area contributed by atoms with Crippen molar-refractivity contribution in [2.75, 3.05) is 33.5 Å². The van der Waals surface area contributed by atoms with Crippen molar-refractivity contribution in [2.45, 2.75) is 13.0 Å². The molecule has 18 heavy (non-hydrogen) atoms. The minimum atomic E-state index is 0.535. The van der Waals surface area contributed by atoms with Crippen molar-refractivity contribution in [3.63, 3.8) is 0 Å². The molecule has 0 bridgehead atoms. The first-order valence-corrected chi connectivity index (χ1v) is 6.00. The molecule has 0 aromatic heterocycles. The minimum absolute atomic E-state index is 0.535. The van der Waals surface area contributed by atoms with Gasteiger partial charge in [-0.3, -0.25) is 0 Å². The fourth-order valence-corrected chi connectivity index (χ4v) is 1.43. The van der Waals surface area contributed by atoms with Crippen LogP contribution < -0.4 is 0 Å². The van der Waals surface area contributed by atoms with E-state index in [1.165, 1.54) is 0 Å². The Bertz CT molecular complexity index is 374. The van der Waals surface area contributed by atoms with Gasteiger partial charge in [0.25, 0.3) is 0 Å². The lowest BCUT2D eigenvalue weighted by Crippen LogP contribution is -2.05. The van der Waals surface area contributed by atoms with Crippen LogP contribution in [0, 0.1) is 11.3 Å². The standard InChI is InChI=1S/C14H19NO3/c1-16-8-9-17-6-3-7-18-12-14-5-2-4-13(10-14)11-15/h2,4-5,10H,3,6-9,12H2,1H3. The Morgan fingerprint density at radius 1 is 1.11 bits per heavy atom. The van der Waals surface area contributed by atoms with Crippen LogP contribution in [0.25, 0.3) is 0 Å². The van der Waals surface area contributed by atoms with Gasteiger partial charge in [-0.1, -0.05) is 12.1 Å². The molecule has 0 fully saturated rings. The van der Waals surface area contributed by atoms with Crippen molar-refractivity contribution >= 4 is 0 Å². The van der Waals surface area contributed by atoms with Crippen LogP contribution in [0.4, 0.5) is 0 Å². The topological polar surface area (TPSA) is 51.5 Å². The van der Waals surface area contributed by atoms with E-state index in [-0.39, 0.29) is 0 Å². The zero-order valence-corrected chi connectivity index (χ0v) is 10.7. The molecule has 0 atom stereocenters. The summed E-state index contributed by atoms with van der Waals surface area (Å²) in [5.41, 5.74) is 1.69. The summed E-state index contributed by atoms with van der Waals surface area (Å²) >= 11 is 0. The molecule has 1 rings (SSSR count). The molecule has 0 unspecified atom stereocenters. The van der Waals surface area contributed by atoms with Gasteiger partial charge in [0.2, 0.25) is 0 Å². The van der Waals surface area contributed by atoms with Gasteiger partial charge in [0.1, 0.15) is 0 Å². The van der Waals surface area contributed by atoms with Gasteiger partial charge in [-0.15, -0.1) is 0 Å². The number of hydrogen-bond donors (Lipinski definition) is 0. The first-order chi connectivity index (χ1) is 8.86. The second-order valence-electron chi connectivity index (χ2n) is 3.82. The van der Waals surface area contributed by atoms with Gasteiger partial charge in [-0.2, -0.15) is 5.26 Å². The Kier molecular flexibility index (Phi) is 7.82. The lowest BCUT2D eigenvalue weighted by Gasteiger charge is -2.05. The van der Waals surface area contributed by atoms with Crippen molar-refractivity contribution in [3.05, 3.63) is 35.4 Å². The summed E-state index contributed by atoms with van der Waals surface area (Å²) in [6.45, 7) is 3.13. The monoisotopic (exact) mass is 249 g/mol. The van der Waals surface area contributed by atoms with E-state index in [0.29, 0.717) is 38.6 Å². The number of hydrogen-bond acceptors (Lipinski definition) is 4. The first kappa shape index (κ1) is 14.7. The van der Waals surface area contributed by atoms with Crippen molar-refractivity contribution in [3.8, 4) is 6.07 Å². The van der Waals surface area contributed by atoms with Crippen molar-refractivity contribution in [2.24, 2.45) is 0 Å². The third-order valence-corrected chi connectivity index (χ3v) is 2.33. The van der Waals surface area contributed by atoms with Gasteiger partial charge < -0.3 is 14.2 Å². The van der Waals surface area contributed by atoms with E-state index in [0.717, 1.165) is 12.0 Å². The van der Waals surface area contributed by atoms with E-state index in [9.17, 15) is 0 Å². The zero-order valence-electron chi connectivity index (χ0n) is 10.7. The van der Waals surface area contributed by atoms with Gasteiger partial charge in [-0.25, -0.2) is 0 Å². The average molecular weight is 249 g/mol. The summed E-state index contributed by atoms with van der Waals surface area (Å²) in [7, 11) is 1.65. The summed E-state index contributed by atoms with van der Waals surface area (Å²) in [5.74, 6) is 0. The molecule has 0 spiro atoms. The molecular weight excluding hydrogens is 230 g/mol. The summed E-state index contributed by atoms with van der Waals surface area (Å²) in [6.07, 6.45) is 0.863. The first-order valence-electron chi connectivity index (χ1n) is 6.00. The Labute approximate surface area is 108 Å². The quantitative estimate of drug-likeness (QED) is 0.629. The van der Waals surface area contributed by atoms with E-state index < -0.39 is 0 Å². The van der Waals surface area contributed by atoms with Crippen molar-refractivity contribution in [1.29, 1.82) is 5.26 Å². The number of nitriles is 1. The Balaban J connectivity index is 2.05.